The quantitative estimate of drug-likeness (QED) is 0.763. The largest absolute Gasteiger partial charge is 0.495 e. The van der Waals surface area contributed by atoms with Crippen LogP contribution in [0, 0.1) is 0 Å². The van der Waals surface area contributed by atoms with Gasteiger partial charge in [0.2, 0.25) is 10.0 Å². The van der Waals surface area contributed by atoms with Gasteiger partial charge in [-0.25, -0.2) is 13.1 Å². The molecule has 0 saturated heterocycles. The molecule has 1 aromatic rings. The molecule has 0 aromatic heterocycles. The van der Waals surface area contributed by atoms with Crippen LogP contribution in [-0.4, -0.2) is 34.0 Å². The Balaban J connectivity index is 3.16. The van der Waals surface area contributed by atoms with Crippen LogP contribution in [0.4, 0.5) is 0 Å². The van der Waals surface area contributed by atoms with Crippen LogP contribution < -0.4 is 14.8 Å². The molecule has 0 aliphatic rings. The molecular formula is C15H24N2O4S. The van der Waals surface area contributed by atoms with Crippen LogP contribution in [-0.2, 0) is 10.0 Å². The van der Waals surface area contributed by atoms with E-state index >= 15 is 0 Å². The maximum Gasteiger partial charge on any atom is 0.251 e. The van der Waals surface area contributed by atoms with E-state index in [2.05, 4.69) is 10.0 Å². The van der Waals surface area contributed by atoms with Gasteiger partial charge in [-0.05, 0) is 38.0 Å². The third kappa shape index (κ3) is 4.71. The van der Waals surface area contributed by atoms with Gasteiger partial charge in [0, 0.05) is 18.2 Å². The van der Waals surface area contributed by atoms with Gasteiger partial charge in [-0.15, -0.1) is 0 Å². The smallest absolute Gasteiger partial charge is 0.251 e. The topological polar surface area (TPSA) is 84.5 Å². The Morgan fingerprint density at radius 3 is 2.55 bits per heavy atom. The van der Waals surface area contributed by atoms with Crippen LogP contribution in [0.15, 0.2) is 23.1 Å². The number of rotatable bonds is 8. The highest BCUT2D eigenvalue weighted by molar-refractivity contribution is 7.89. The van der Waals surface area contributed by atoms with Crippen molar-refractivity contribution in [2.45, 2.75) is 44.6 Å². The standard InChI is InChI=1S/C15H24N2O4S/c1-5-9-16-22(19,20)14-10-12(7-8-13(14)21-4)15(18)17-11(3)6-2/h7-8,10-11,16H,5-6,9H2,1-4H3,(H,17,18)/t11-/m0/s1. The summed E-state index contributed by atoms with van der Waals surface area (Å²) in [7, 11) is -2.31. The summed E-state index contributed by atoms with van der Waals surface area (Å²) in [6, 6.07) is 4.41. The Bertz CT molecular complexity index is 614. The summed E-state index contributed by atoms with van der Waals surface area (Å²) in [5, 5.41) is 2.81. The first-order valence-corrected chi connectivity index (χ1v) is 8.82. The van der Waals surface area contributed by atoms with Gasteiger partial charge < -0.3 is 10.1 Å². The highest BCUT2D eigenvalue weighted by atomic mass is 32.2. The summed E-state index contributed by atoms with van der Waals surface area (Å²) < 4.78 is 32.2. The lowest BCUT2D eigenvalue weighted by atomic mass is 10.2. The molecule has 6 nitrogen and oxygen atoms in total. The number of ether oxygens (including phenoxy) is 1. The summed E-state index contributed by atoms with van der Waals surface area (Å²) in [5.41, 5.74) is 0.290. The molecule has 0 saturated carbocycles. The van der Waals surface area contributed by atoms with E-state index in [-0.39, 0.29) is 28.2 Å². The molecule has 0 aliphatic carbocycles. The van der Waals surface area contributed by atoms with Crippen molar-refractivity contribution in [2.75, 3.05) is 13.7 Å². The van der Waals surface area contributed by atoms with E-state index in [1.807, 2.05) is 20.8 Å². The zero-order valence-corrected chi connectivity index (χ0v) is 14.3. The van der Waals surface area contributed by atoms with Crippen molar-refractivity contribution in [1.29, 1.82) is 0 Å². The fraction of sp³-hybridized carbons (Fsp3) is 0.533. The predicted octanol–water partition coefficient (Wildman–Crippen LogP) is 1.91. The maximum atomic E-state index is 12.3. The molecule has 0 fully saturated rings. The Labute approximate surface area is 132 Å². The normalized spacial score (nSPS) is 12.7. The van der Waals surface area contributed by atoms with Gasteiger partial charge >= 0.3 is 0 Å². The zero-order valence-electron chi connectivity index (χ0n) is 13.5. The summed E-state index contributed by atoms with van der Waals surface area (Å²) in [6.07, 6.45) is 1.47. The van der Waals surface area contributed by atoms with Crippen LogP contribution in [0.25, 0.3) is 0 Å². The molecule has 0 unspecified atom stereocenters. The predicted molar refractivity (Wildman–Crippen MR) is 85.7 cm³/mol. The van der Waals surface area contributed by atoms with Crippen LogP contribution in [0.2, 0.25) is 0 Å². The minimum absolute atomic E-state index is 0.0212. The maximum absolute atomic E-state index is 12.3. The first-order chi connectivity index (χ1) is 10.4. The van der Waals surface area contributed by atoms with Crippen LogP contribution in [0.5, 0.6) is 5.75 Å². The number of hydrogen-bond acceptors (Lipinski definition) is 4. The van der Waals surface area contributed by atoms with Crippen LogP contribution in [0.3, 0.4) is 0 Å². The Morgan fingerprint density at radius 1 is 1.32 bits per heavy atom. The third-order valence-electron chi connectivity index (χ3n) is 3.25. The summed E-state index contributed by atoms with van der Waals surface area (Å²) in [5.74, 6) is -0.0902. The molecule has 1 amide bonds. The van der Waals surface area contributed by atoms with E-state index in [0.717, 1.165) is 6.42 Å². The van der Waals surface area contributed by atoms with Gasteiger partial charge in [-0.2, -0.15) is 0 Å². The average molecular weight is 328 g/mol. The van der Waals surface area contributed by atoms with E-state index in [0.29, 0.717) is 13.0 Å². The van der Waals surface area contributed by atoms with Crippen molar-refractivity contribution < 1.29 is 17.9 Å². The van der Waals surface area contributed by atoms with Crippen LogP contribution >= 0.6 is 0 Å². The van der Waals surface area contributed by atoms with Gasteiger partial charge in [-0.1, -0.05) is 13.8 Å². The number of hydrogen-bond donors (Lipinski definition) is 2. The molecule has 0 aliphatic heterocycles. The highest BCUT2D eigenvalue weighted by Gasteiger charge is 2.21. The van der Waals surface area contributed by atoms with Gasteiger partial charge in [-0.3, -0.25) is 4.79 Å². The monoisotopic (exact) mass is 328 g/mol. The van der Waals surface area contributed by atoms with Crippen molar-refractivity contribution in [3.8, 4) is 5.75 Å². The van der Waals surface area contributed by atoms with Gasteiger partial charge in [0.15, 0.2) is 0 Å². The second kappa shape index (κ2) is 8.14. The number of benzene rings is 1. The molecule has 1 atom stereocenters. The van der Waals surface area contributed by atoms with E-state index < -0.39 is 10.0 Å². The lowest BCUT2D eigenvalue weighted by Gasteiger charge is -2.14. The molecule has 1 aromatic carbocycles. The molecule has 124 valence electrons. The van der Waals surface area contributed by atoms with Crippen molar-refractivity contribution in [3.05, 3.63) is 23.8 Å². The minimum Gasteiger partial charge on any atom is -0.495 e. The van der Waals surface area contributed by atoms with Crippen molar-refractivity contribution >= 4 is 15.9 Å². The van der Waals surface area contributed by atoms with Crippen molar-refractivity contribution in [1.82, 2.24) is 10.0 Å². The second-order valence-corrected chi connectivity index (χ2v) is 6.78. The zero-order chi connectivity index (χ0) is 16.8. The molecule has 22 heavy (non-hydrogen) atoms. The molecular weight excluding hydrogens is 304 g/mol. The summed E-state index contributed by atoms with van der Waals surface area (Å²) in [6.45, 7) is 6.05. The van der Waals surface area contributed by atoms with Crippen LogP contribution in [0.1, 0.15) is 44.0 Å². The van der Waals surface area contributed by atoms with E-state index in [9.17, 15) is 13.2 Å². The minimum atomic E-state index is -3.71. The number of methoxy groups -OCH3 is 1. The van der Waals surface area contributed by atoms with Gasteiger partial charge in [0.25, 0.3) is 5.91 Å². The van der Waals surface area contributed by atoms with Crippen molar-refractivity contribution in [3.63, 3.8) is 0 Å². The molecule has 0 spiro atoms. The number of amides is 1. The average Bonchev–Trinajstić information content (AvgIpc) is 2.52. The fourth-order valence-corrected chi connectivity index (χ4v) is 3.08. The highest BCUT2D eigenvalue weighted by Crippen LogP contribution is 2.24. The first kappa shape index (κ1) is 18.4. The fourth-order valence-electron chi connectivity index (χ4n) is 1.75. The van der Waals surface area contributed by atoms with Gasteiger partial charge in [0.05, 0.1) is 7.11 Å². The van der Waals surface area contributed by atoms with Crippen molar-refractivity contribution in [2.24, 2.45) is 0 Å². The molecule has 7 heteroatoms. The molecule has 0 radical (unpaired) electrons. The SMILES string of the molecule is CCCNS(=O)(=O)c1cc(C(=O)N[C@@H](C)CC)ccc1OC. The van der Waals surface area contributed by atoms with Gasteiger partial charge in [0.1, 0.15) is 10.6 Å². The molecule has 2 N–H and O–H groups in total. The van der Waals surface area contributed by atoms with E-state index in [1.165, 1.54) is 19.2 Å². The Hall–Kier alpha value is -1.60. The summed E-state index contributed by atoms with van der Waals surface area (Å²) >= 11 is 0. The molecule has 1 rings (SSSR count). The molecule has 0 heterocycles. The van der Waals surface area contributed by atoms with E-state index in [1.54, 1.807) is 6.07 Å². The number of sulfonamides is 1. The third-order valence-corrected chi connectivity index (χ3v) is 4.73. The number of carbonyl (C=O) groups excluding carboxylic acids is 1. The molecule has 0 bridgehead atoms. The number of carbonyl (C=O) groups is 1. The number of nitrogens with one attached hydrogen (secondary N) is 2. The lowest BCUT2D eigenvalue weighted by Crippen LogP contribution is -2.32. The summed E-state index contributed by atoms with van der Waals surface area (Å²) in [4.78, 5) is 12.1. The van der Waals surface area contributed by atoms with E-state index in [4.69, 9.17) is 4.74 Å². The first-order valence-electron chi connectivity index (χ1n) is 7.34. The second-order valence-electron chi connectivity index (χ2n) is 5.05. The Morgan fingerprint density at radius 2 is 2.00 bits per heavy atom. The lowest BCUT2D eigenvalue weighted by molar-refractivity contribution is 0.0939. The Kier molecular flexibility index (Phi) is 6.83.